The van der Waals surface area contributed by atoms with Crippen LogP contribution >= 0.6 is 0 Å². The average molecular weight is 571 g/mol. The van der Waals surface area contributed by atoms with E-state index in [1.807, 2.05) is 74.2 Å². The van der Waals surface area contributed by atoms with Crippen LogP contribution in [0, 0.1) is 0 Å². The van der Waals surface area contributed by atoms with Crippen LogP contribution in [0.25, 0.3) is 0 Å². The Morgan fingerprint density at radius 2 is 1.34 bits per heavy atom. The van der Waals surface area contributed by atoms with Crippen molar-refractivity contribution < 1.29 is 18.9 Å². The fraction of sp³-hybridized carbons (Fsp3) is 0.407. The van der Waals surface area contributed by atoms with E-state index in [9.17, 15) is 9.59 Å². The maximum atomic E-state index is 14.2. The van der Waals surface area contributed by atoms with E-state index in [4.69, 9.17) is 14.4 Å². The highest BCUT2D eigenvalue weighted by Crippen LogP contribution is 2.23. The van der Waals surface area contributed by atoms with Crippen molar-refractivity contribution in [3.8, 4) is 5.75 Å². The van der Waals surface area contributed by atoms with Gasteiger partial charge in [-0.25, -0.2) is 0 Å². The Morgan fingerprint density at radius 3 is 1.79 bits per heavy atom. The van der Waals surface area contributed by atoms with Crippen LogP contribution in [0.5, 0.6) is 5.75 Å². The summed E-state index contributed by atoms with van der Waals surface area (Å²) in [5.74, 6) is 0.133. The molecule has 0 aliphatic rings. The molecule has 0 N–H and O–H groups in total. The van der Waals surface area contributed by atoms with Crippen LogP contribution in [0.2, 0.25) is 58.9 Å². The molecule has 2 amide bonds. The number of carbonyl (C=O) groups is 2. The lowest BCUT2D eigenvalue weighted by atomic mass is 10.2. The third-order valence-electron chi connectivity index (χ3n) is 5.26. The Morgan fingerprint density at radius 1 is 0.789 bits per heavy atom. The largest absolute Gasteiger partial charge is 0.497 e. The number of carbonyl (C=O) groups excluding carboxylic acids is 2. The maximum absolute atomic E-state index is 14.2. The molecule has 0 spiro atoms. The first-order valence-electron chi connectivity index (χ1n) is 12.7. The molecule has 8 nitrogen and oxygen atoms in total. The van der Waals surface area contributed by atoms with E-state index < -0.39 is 24.8 Å². The monoisotopic (exact) mass is 570 g/mol. The molecule has 0 bridgehead atoms. The first-order valence-corrected chi connectivity index (χ1v) is 23.0. The summed E-state index contributed by atoms with van der Waals surface area (Å²) in [5.41, 5.74) is 1.71. The summed E-state index contributed by atoms with van der Waals surface area (Å²) in [6.07, 6.45) is 0. The van der Waals surface area contributed by atoms with E-state index in [2.05, 4.69) is 24.8 Å². The third kappa shape index (κ3) is 8.50. The van der Waals surface area contributed by atoms with Gasteiger partial charge in [0.05, 0.1) is 12.8 Å². The number of anilines is 1. The third-order valence-corrected chi connectivity index (χ3v) is 9.27. The van der Waals surface area contributed by atoms with Gasteiger partial charge in [-0.1, -0.05) is 43.0 Å². The molecular weight excluding hydrogens is 529 g/mol. The number of hydrogen-bond acceptors (Lipinski definition) is 6. The first kappa shape index (κ1) is 31.2. The standard InChI is InChI=1S/C27H42N4O4Si3/c1-21(28-31(37(6,7)8)26(32)22-17-19-24(34-2)20-18-22)25(29-35-38(9,10)11)27(33)30(36(3,4)5)23-15-13-12-14-16-23/h12-20H,1-11H3/b28-21+,29-25+. The molecule has 206 valence electrons. The zero-order chi connectivity index (χ0) is 28.9. The highest BCUT2D eigenvalue weighted by atomic mass is 28.4. The number of para-hydroxylation sites is 1. The molecule has 2 aromatic carbocycles. The van der Waals surface area contributed by atoms with Crippen molar-refractivity contribution in [2.24, 2.45) is 10.3 Å². The molecule has 0 heterocycles. The number of hydrogen-bond donors (Lipinski definition) is 0. The average Bonchev–Trinajstić information content (AvgIpc) is 2.80. The van der Waals surface area contributed by atoms with Crippen molar-refractivity contribution in [2.75, 3.05) is 11.7 Å². The summed E-state index contributed by atoms with van der Waals surface area (Å²) in [4.78, 5) is 27.8. The lowest BCUT2D eigenvalue weighted by Gasteiger charge is -2.35. The molecule has 0 aromatic heterocycles. The molecule has 0 radical (unpaired) electrons. The molecule has 38 heavy (non-hydrogen) atoms. The van der Waals surface area contributed by atoms with Crippen LogP contribution < -0.4 is 9.30 Å². The Balaban J connectivity index is 2.64. The molecule has 0 fully saturated rings. The second-order valence-corrected chi connectivity index (χ2v) is 26.0. The van der Waals surface area contributed by atoms with Crippen molar-refractivity contribution in [1.29, 1.82) is 0 Å². The zero-order valence-electron chi connectivity index (χ0n) is 24.6. The highest BCUT2D eigenvalue weighted by Gasteiger charge is 2.36. The van der Waals surface area contributed by atoms with Crippen LogP contribution in [0.4, 0.5) is 5.69 Å². The molecule has 0 aliphatic heterocycles. The quantitative estimate of drug-likeness (QED) is 0.187. The van der Waals surface area contributed by atoms with Crippen LogP contribution in [-0.2, 0) is 9.32 Å². The predicted octanol–water partition coefficient (Wildman–Crippen LogP) is 6.42. The minimum atomic E-state index is -2.32. The van der Waals surface area contributed by atoms with Crippen molar-refractivity contribution >= 4 is 53.7 Å². The topological polar surface area (TPSA) is 83.8 Å². The Hall–Kier alpha value is -3.03. The van der Waals surface area contributed by atoms with Crippen molar-refractivity contribution in [1.82, 2.24) is 4.67 Å². The molecule has 0 aliphatic carbocycles. The fourth-order valence-corrected chi connectivity index (χ4v) is 6.68. The minimum absolute atomic E-state index is 0.101. The second kappa shape index (κ2) is 12.2. The molecule has 2 aromatic rings. The van der Waals surface area contributed by atoms with E-state index in [-0.39, 0.29) is 17.5 Å². The van der Waals surface area contributed by atoms with Crippen LogP contribution in [-0.4, -0.2) is 59.8 Å². The normalized spacial score (nSPS) is 13.1. The van der Waals surface area contributed by atoms with Crippen LogP contribution in [0.3, 0.4) is 0 Å². The zero-order valence-corrected chi connectivity index (χ0v) is 27.6. The van der Waals surface area contributed by atoms with Gasteiger partial charge < -0.3 is 13.8 Å². The van der Waals surface area contributed by atoms with Gasteiger partial charge in [0.2, 0.25) is 0 Å². The molecule has 2 rings (SSSR count). The van der Waals surface area contributed by atoms with Crippen molar-refractivity contribution in [2.45, 2.75) is 65.8 Å². The summed E-state index contributed by atoms with van der Waals surface area (Å²) in [6.45, 7) is 20.1. The van der Waals surface area contributed by atoms with Crippen LogP contribution in [0.15, 0.2) is 64.9 Å². The van der Waals surface area contributed by atoms with Gasteiger partial charge in [0.15, 0.2) is 22.2 Å². The fourth-order valence-electron chi connectivity index (χ4n) is 3.49. The molecular formula is C27H42N4O4Si3. The number of amides is 2. The second-order valence-electron chi connectivity index (χ2n) is 12.0. The Kier molecular flexibility index (Phi) is 10.0. The maximum Gasteiger partial charge on any atom is 0.278 e. The summed E-state index contributed by atoms with van der Waals surface area (Å²) >= 11 is 0. The van der Waals surface area contributed by atoms with E-state index in [0.717, 1.165) is 5.69 Å². The summed E-state index contributed by atoms with van der Waals surface area (Å²) < 4.78 is 14.5. The number of ether oxygens (including phenoxy) is 1. The van der Waals surface area contributed by atoms with Crippen LogP contribution in [0.1, 0.15) is 17.3 Å². The lowest BCUT2D eigenvalue weighted by molar-refractivity contribution is -0.111. The highest BCUT2D eigenvalue weighted by molar-refractivity contribution is 6.88. The molecule has 0 unspecified atom stereocenters. The Bertz CT molecular complexity index is 1180. The first-order chi connectivity index (χ1) is 17.5. The van der Waals surface area contributed by atoms with Gasteiger partial charge in [-0.3, -0.25) is 14.3 Å². The van der Waals surface area contributed by atoms with Gasteiger partial charge >= 0.3 is 0 Å². The molecule has 0 saturated heterocycles. The van der Waals surface area contributed by atoms with E-state index in [1.165, 1.54) is 4.67 Å². The summed E-state index contributed by atoms with van der Waals surface area (Å²) in [5, 5.41) is 9.13. The Labute approximate surface area is 230 Å². The van der Waals surface area contributed by atoms with Gasteiger partial charge in [0.25, 0.3) is 20.1 Å². The summed E-state index contributed by atoms with van der Waals surface area (Å²) in [7, 11) is -5.07. The van der Waals surface area contributed by atoms with Crippen molar-refractivity contribution in [3.63, 3.8) is 0 Å². The number of benzene rings is 2. The molecule has 11 heteroatoms. The van der Waals surface area contributed by atoms with Gasteiger partial charge in [-0.2, -0.15) is 5.10 Å². The number of rotatable bonds is 10. The number of methoxy groups -OCH3 is 1. The van der Waals surface area contributed by atoms with Gasteiger partial charge in [-0.15, -0.1) is 0 Å². The van der Waals surface area contributed by atoms with E-state index in [1.54, 1.807) is 38.3 Å². The number of hydrazone groups is 1. The molecule has 0 saturated carbocycles. The summed E-state index contributed by atoms with van der Waals surface area (Å²) in [6, 6.07) is 16.5. The van der Waals surface area contributed by atoms with Crippen molar-refractivity contribution in [3.05, 3.63) is 60.2 Å². The lowest BCUT2D eigenvalue weighted by Crippen LogP contribution is -2.54. The van der Waals surface area contributed by atoms with E-state index >= 15 is 0 Å². The minimum Gasteiger partial charge on any atom is -0.497 e. The van der Waals surface area contributed by atoms with Gasteiger partial charge in [-0.05, 0) is 82.6 Å². The number of oxime groups is 1. The SMILES string of the molecule is COc1ccc(C(=O)N(/N=C(C)/C(=N\O[Si](C)(C)C)C(=O)N(c2ccccc2)[Si](C)(C)C)[Si](C)(C)C)cc1. The number of nitrogens with zero attached hydrogens (tertiary/aromatic N) is 4. The van der Waals surface area contributed by atoms with Gasteiger partial charge in [0.1, 0.15) is 5.75 Å². The molecule has 0 atom stereocenters. The van der Waals surface area contributed by atoms with Gasteiger partial charge in [0, 0.05) is 11.3 Å². The van der Waals surface area contributed by atoms with E-state index in [0.29, 0.717) is 17.0 Å². The smallest absolute Gasteiger partial charge is 0.278 e. The predicted molar refractivity (Wildman–Crippen MR) is 165 cm³/mol.